The van der Waals surface area contributed by atoms with Crippen LogP contribution in [-0.2, 0) is 13.1 Å². The first kappa shape index (κ1) is 18.2. The van der Waals surface area contributed by atoms with Gasteiger partial charge in [-0.2, -0.15) is 0 Å². The maximum atomic E-state index is 14.1. The number of fused-ring (bicyclic) bond motifs is 1. The zero-order valence-electron chi connectivity index (χ0n) is 16.0. The smallest absolute Gasteiger partial charge is 0.128 e. The summed E-state index contributed by atoms with van der Waals surface area (Å²) in [6.07, 6.45) is 4.77. The Bertz CT molecular complexity index is 902. The van der Waals surface area contributed by atoms with Gasteiger partial charge in [0.25, 0.3) is 0 Å². The van der Waals surface area contributed by atoms with Crippen molar-refractivity contribution in [1.82, 2.24) is 14.8 Å². The van der Waals surface area contributed by atoms with Gasteiger partial charge in [-0.3, -0.25) is 4.90 Å². The predicted molar refractivity (Wildman–Crippen MR) is 109 cm³/mol. The van der Waals surface area contributed by atoms with Crippen molar-refractivity contribution in [3.8, 4) is 0 Å². The lowest BCUT2D eigenvalue weighted by Crippen LogP contribution is -2.37. The monoisotopic (exact) mass is 365 g/mol. The van der Waals surface area contributed by atoms with E-state index in [0.717, 1.165) is 30.7 Å². The maximum Gasteiger partial charge on any atom is 0.128 e. The molecule has 142 valence electrons. The van der Waals surface area contributed by atoms with E-state index in [1.54, 1.807) is 6.07 Å². The fourth-order valence-electron chi connectivity index (χ4n) is 4.32. The molecule has 27 heavy (non-hydrogen) atoms. The molecule has 4 rings (SSSR count). The molecule has 1 fully saturated rings. The summed E-state index contributed by atoms with van der Waals surface area (Å²) < 4.78 is 16.3. The fraction of sp³-hybridized carbons (Fsp3) is 0.391. The van der Waals surface area contributed by atoms with Gasteiger partial charge in [0, 0.05) is 41.8 Å². The first-order valence-corrected chi connectivity index (χ1v) is 10.0. The van der Waals surface area contributed by atoms with Crippen LogP contribution in [0.25, 0.3) is 10.9 Å². The van der Waals surface area contributed by atoms with Crippen LogP contribution in [-0.4, -0.2) is 35.1 Å². The van der Waals surface area contributed by atoms with Gasteiger partial charge in [0.05, 0.1) is 6.54 Å². The molecule has 1 aliphatic heterocycles. The van der Waals surface area contributed by atoms with E-state index in [1.165, 1.54) is 36.4 Å². The van der Waals surface area contributed by atoms with E-state index >= 15 is 0 Å². The molecule has 2 aromatic carbocycles. The highest BCUT2D eigenvalue weighted by molar-refractivity contribution is 5.84. The average molecular weight is 365 g/mol. The number of rotatable bonds is 7. The summed E-state index contributed by atoms with van der Waals surface area (Å²) in [4.78, 5) is 2.56. The quantitative estimate of drug-likeness (QED) is 0.670. The minimum atomic E-state index is -0.143. The van der Waals surface area contributed by atoms with E-state index in [1.807, 2.05) is 12.1 Å². The number of nitrogens with zero attached hydrogens (tertiary/aromatic N) is 2. The van der Waals surface area contributed by atoms with Gasteiger partial charge < -0.3 is 9.88 Å². The molecule has 0 aliphatic carbocycles. The van der Waals surface area contributed by atoms with Gasteiger partial charge in [0.1, 0.15) is 5.82 Å². The van der Waals surface area contributed by atoms with Crippen molar-refractivity contribution in [3.63, 3.8) is 0 Å². The fourth-order valence-corrected chi connectivity index (χ4v) is 4.32. The molecule has 1 aliphatic rings. The van der Waals surface area contributed by atoms with Crippen molar-refractivity contribution in [1.29, 1.82) is 0 Å². The molecule has 1 N–H and O–H groups in total. The van der Waals surface area contributed by atoms with Gasteiger partial charge in [-0.15, -0.1) is 0 Å². The number of nitrogens with one attached hydrogen (secondary N) is 1. The molecule has 1 atom stereocenters. The molecule has 0 spiro atoms. The van der Waals surface area contributed by atoms with Crippen LogP contribution in [0.3, 0.4) is 0 Å². The van der Waals surface area contributed by atoms with Crippen LogP contribution < -0.4 is 5.32 Å². The minimum absolute atomic E-state index is 0.143. The van der Waals surface area contributed by atoms with Crippen LogP contribution in [0.4, 0.5) is 4.39 Å². The molecule has 1 aromatic heterocycles. The van der Waals surface area contributed by atoms with Crippen LogP contribution in [0.1, 0.15) is 30.9 Å². The number of hydrogen-bond donors (Lipinski definition) is 1. The van der Waals surface area contributed by atoms with E-state index in [4.69, 9.17) is 0 Å². The molecule has 0 bridgehead atoms. The molecule has 0 radical (unpaired) electrons. The second-order valence-electron chi connectivity index (χ2n) is 7.45. The number of likely N-dealkylation sites (N-methyl/N-ethyl adjacent to an activating group) is 1. The summed E-state index contributed by atoms with van der Waals surface area (Å²) >= 11 is 0. The van der Waals surface area contributed by atoms with Crippen LogP contribution >= 0.6 is 0 Å². The third-order valence-corrected chi connectivity index (χ3v) is 5.77. The van der Waals surface area contributed by atoms with E-state index in [2.05, 4.69) is 52.2 Å². The Morgan fingerprint density at radius 1 is 1.07 bits per heavy atom. The molecular formula is C23H28FN3. The zero-order chi connectivity index (χ0) is 18.6. The highest BCUT2D eigenvalue weighted by Crippen LogP contribution is 2.23. The molecule has 1 saturated heterocycles. The second-order valence-corrected chi connectivity index (χ2v) is 7.45. The molecular weight excluding hydrogens is 337 g/mol. The second kappa shape index (κ2) is 8.24. The summed E-state index contributed by atoms with van der Waals surface area (Å²) in [6, 6.07) is 16.1. The predicted octanol–water partition coefficient (Wildman–Crippen LogP) is 4.40. The average Bonchev–Trinajstić information content (AvgIpc) is 3.29. The molecule has 3 nitrogen and oxygen atoms in total. The van der Waals surface area contributed by atoms with Crippen molar-refractivity contribution in [3.05, 3.63) is 71.7 Å². The largest absolute Gasteiger partial charge is 0.343 e. The summed E-state index contributed by atoms with van der Waals surface area (Å²) in [5.74, 6) is -0.143. The lowest BCUT2D eigenvalue weighted by molar-refractivity contribution is 0.260. The van der Waals surface area contributed by atoms with Crippen molar-refractivity contribution < 1.29 is 4.39 Å². The summed E-state index contributed by atoms with van der Waals surface area (Å²) in [5, 5.41) is 4.91. The Morgan fingerprint density at radius 2 is 1.89 bits per heavy atom. The highest BCUT2D eigenvalue weighted by Gasteiger charge is 2.22. The molecule has 3 aromatic rings. The van der Waals surface area contributed by atoms with Gasteiger partial charge in [0.15, 0.2) is 0 Å². The number of benzene rings is 2. The van der Waals surface area contributed by atoms with Crippen LogP contribution in [0.5, 0.6) is 0 Å². The Balaban J connectivity index is 1.51. The highest BCUT2D eigenvalue weighted by atomic mass is 19.1. The lowest BCUT2D eigenvalue weighted by Gasteiger charge is -2.22. The standard InChI is InChI=1S/C23H28FN3/c1-2-26-13-7-9-20(26)15-25-14-19-17-27(23-12-6-4-10-21(19)23)16-18-8-3-5-11-22(18)24/h3-6,8,10-12,17,20,25H,2,7,9,13-16H2,1H3/t20-/m0/s1. The molecule has 0 unspecified atom stereocenters. The maximum absolute atomic E-state index is 14.1. The number of aromatic nitrogens is 1. The van der Waals surface area contributed by atoms with Gasteiger partial charge >= 0.3 is 0 Å². The Kier molecular flexibility index (Phi) is 5.55. The summed E-state index contributed by atoms with van der Waals surface area (Å²) in [5.41, 5.74) is 3.17. The van der Waals surface area contributed by atoms with E-state index in [-0.39, 0.29) is 5.82 Å². The Hall–Kier alpha value is -2.17. The normalized spacial score (nSPS) is 17.8. The van der Waals surface area contributed by atoms with Crippen LogP contribution in [0, 0.1) is 5.82 Å². The van der Waals surface area contributed by atoms with Crippen molar-refractivity contribution in [2.24, 2.45) is 0 Å². The molecule has 0 saturated carbocycles. The van der Waals surface area contributed by atoms with E-state index < -0.39 is 0 Å². The Labute approximate surface area is 160 Å². The molecule has 0 amide bonds. The minimum Gasteiger partial charge on any atom is -0.343 e. The van der Waals surface area contributed by atoms with Gasteiger partial charge in [-0.1, -0.05) is 43.3 Å². The molecule has 2 heterocycles. The first-order valence-electron chi connectivity index (χ1n) is 10.0. The number of hydrogen-bond acceptors (Lipinski definition) is 2. The van der Waals surface area contributed by atoms with Crippen LogP contribution in [0.2, 0.25) is 0 Å². The van der Waals surface area contributed by atoms with Crippen molar-refractivity contribution in [2.45, 2.75) is 38.9 Å². The number of likely N-dealkylation sites (tertiary alicyclic amines) is 1. The topological polar surface area (TPSA) is 20.2 Å². The summed E-state index contributed by atoms with van der Waals surface area (Å²) in [7, 11) is 0. The van der Waals surface area contributed by atoms with Crippen molar-refractivity contribution in [2.75, 3.05) is 19.6 Å². The van der Waals surface area contributed by atoms with E-state index in [9.17, 15) is 4.39 Å². The molecule has 4 heteroatoms. The zero-order valence-corrected chi connectivity index (χ0v) is 16.0. The Morgan fingerprint density at radius 3 is 2.74 bits per heavy atom. The number of halogens is 1. The lowest BCUT2D eigenvalue weighted by atomic mass is 10.1. The van der Waals surface area contributed by atoms with Gasteiger partial charge in [0.2, 0.25) is 0 Å². The third-order valence-electron chi connectivity index (χ3n) is 5.77. The first-order chi connectivity index (χ1) is 13.3. The van der Waals surface area contributed by atoms with Crippen LogP contribution in [0.15, 0.2) is 54.7 Å². The van der Waals surface area contributed by atoms with Crippen molar-refractivity contribution >= 4 is 10.9 Å². The number of para-hydroxylation sites is 1. The summed E-state index contributed by atoms with van der Waals surface area (Å²) in [6.45, 7) is 7.03. The van der Waals surface area contributed by atoms with Gasteiger partial charge in [-0.05, 0) is 43.6 Å². The SMILES string of the molecule is CCN1CCC[C@H]1CNCc1cn(Cc2ccccc2F)c2ccccc12. The van der Waals surface area contributed by atoms with Gasteiger partial charge in [-0.25, -0.2) is 4.39 Å². The third kappa shape index (κ3) is 3.92. The van der Waals surface area contributed by atoms with E-state index in [0.29, 0.717) is 12.6 Å².